The molecule has 0 saturated heterocycles. The molecule has 5 nitrogen and oxygen atoms in total. The molecule has 0 spiro atoms. The first-order valence-corrected chi connectivity index (χ1v) is 6.52. The third kappa shape index (κ3) is 6.59. The first-order valence-electron chi connectivity index (χ1n) is 6.52. The highest BCUT2D eigenvalue weighted by Gasteiger charge is 2.23. The molecule has 0 aromatic rings. The lowest BCUT2D eigenvalue weighted by atomic mass is 10.0. The fourth-order valence-electron chi connectivity index (χ4n) is 1.75. The normalized spacial score (nSPS) is 14.1. The summed E-state index contributed by atoms with van der Waals surface area (Å²) in [7, 11) is 1.35. The van der Waals surface area contributed by atoms with E-state index < -0.39 is 6.04 Å². The van der Waals surface area contributed by atoms with Gasteiger partial charge in [0.05, 0.1) is 13.7 Å². The molecule has 0 radical (unpaired) electrons. The summed E-state index contributed by atoms with van der Waals surface area (Å²) in [5.74, 6) is -0.344. The van der Waals surface area contributed by atoms with Crippen LogP contribution in [-0.4, -0.2) is 37.6 Å². The van der Waals surface area contributed by atoms with Gasteiger partial charge in [-0.1, -0.05) is 27.2 Å². The van der Waals surface area contributed by atoms with Gasteiger partial charge in [0.25, 0.3) is 0 Å². The van der Waals surface area contributed by atoms with E-state index >= 15 is 0 Å². The molecule has 2 atom stereocenters. The second-order valence-electron chi connectivity index (χ2n) is 4.88. The molecule has 0 aromatic heterocycles. The molecular weight excluding hydrogens is 232 g/mol. The van der Waals surface area contributed by atoms with Crippen molar-refractivity contribution in [3.63, 3.8) is 0 Å². The molecule has 18 heavy (non-hydrogen) atoms. The summed E-state index contributed by atoms with van der Waals surface area (Å²) < 4.78 is 4.69. The molecule has 0 aliphatic heterocycles. The molecule has 0 heterocycles. The van der Waals surface area contributed by atoms with Crippen LogP contribution in [0.15, 0.2) is 0 Å². The lowest BCUT2D eigenvalue weighted by Crippen LogP contribution is -2.47. The monoisotopic (exact) mass is 258 g/mol. The van der Waals surface area contributed by atoms with Gasteiger partial charge in [-0.2, -0.15) is 0 Å². The summed E-state index contributed by atoms with van der Waals surface area (Å²) in [6, 6.07) is -0.276. The Labute approximate surface area is 110 Å². The highest BCUT2D eigenvalue weighted by Crippen LogP contribution is 2.03. The molecule has 2 unspecified atom stereocenters. The van der Waals surface area contributed by atoms with Crippen LogP contribution in [-0.2, 0) is 14.3 Å². The molecule has 0 aromatic carbocycles. The number of ether oxygens (including phenoxy) is 1. The third-order valence-electron chi connectivity index (χ3n) is 2.73. The Bertz CT molecular complexity index is 267. The summed E-state index contributed by atoms with van der Waals surface area (Å²) in [5.41, 5.74) is 0. The van der Waals surface area contributed by atoms with E-state index in [2.05, 4.69) is 17.6 Å². The molecule has 1 amide bonds. The number of esters is 1. The van der Waals surface area contributed by atoms with E-state index in [-0.39, 0.29) is 30.4 Å². The molecule has 0 fully saturated rings. The van der Waals surface area contributed by atoms with Crippen molar-refractivity contribution in [1.82, 2.24) is 10.6 Å². The van der Waals surface area contributed by atoms with Crippen molar-refractivity contribution >= 4 is 11.9 Å². The van der Waals surface area contributed by atoms with Gasteiger partial charge in [0.1, 0.15) is 6.04 Å². The van der Waals surface area contributed by atoms with Gasteiger partial charge in [0.15, 0.2) is 0 Å². The lowest BCUT2D eigenvalue weighted by Gasteiger charge is -2.20. The zero-order valence-corrected chi connectivity index (χ0v) is 12.1. The number of hydrogen-bond donors (Lipinski definition) is 2. The van der Waals surface area contributed by atoms with Crippen LogP contribution < -0.4 is 10.6 Å². The maximum absolute atomic E-state index is 11.6. The minimum atomic E-state index is -0.442. The molecule has 106 valence electrons. The Balaban J connectivity index is 4.11. The molecule has 0 bridgehead atoms. The second kappa shape index (κ2) is 8.91. The van der Waals surface area contributed by atoms with E-state index in [1.165, 1.54) is 7.11 Å². The Kier molecular flexibility index (Phi) is 8.37. The van der Waals surface area contributed by atoms with Crippen molar-refractivity contribution in [1.29, 1.82) is 0 Å². The topological polar surface area (TPSA) is 67.4 Å². The van der Waals surface area contributed by atoms with Gasteiger partial charge in [0, 0.05) is 6.04 Å². The van der Waals surface area contributed by atoms with Crippen LogP contribution in [0.4, 0.5) is 0 Å². The van der Waals surface area contributed by atoms with E-state index in [4.69, 9.17) is 4.74 Å². The molecule has 0 rings (SSSR count). The van der Waals surface area contributed by atoms with Crippen LogP contribution in [0.2, 0.25) is 0 Å². The lowest BCUT2D eigenvalue weighted by molar-refractivity contribution is -0.144. The number of methoxy groups -OCH3 is 1. The van der Waals surface area contributed by atoms with Crippen molar-refractivity contribution in [2.75, 3.05) is 13.7 Å². The van der Waals surface area contributed by atoms with Crippen molar-refractivity contribution in [3.8, 4) is 0 Å². The average Bonchev–Trinajstić information content (AvgIpc) is 2.28. The fraction of sp³-hybridized carbons (Fsp3) is 0.846. The summed E-state index contributed by atoms with van der Waals surface area (Å²) in [6.07, 6.45) is 1.99. The van der Waals surface area contributed by atoms with Gasteiger partial charge >= 0.3 is 5.97 Å². The van der Waals surface area contributed by atoms with Gasteiger partial charge in [-0.3, -0.25) is 14.9 Å². The quantitative estimate of drug-likeness (QED) is 0.639. The van der Waals surface area contributed by atoms with E-state index in [1.54, 1.807) is 0 Å². The Hall–Kier alpha value is -1.10. The number of hydrogen-bond acceptors (Lipinski definition) is 4. The fourth-order valence-corrected chi connectivity index (χ4v) is 1.75. The van der Waals surface area contributed by atoms with Crippen LogP contribution in [0.5, 0.6) is 0 Å². The average molecular weight is 258 g/mol. The number of amides is 1. The predicted octanol–water partition coefficient (Wildman–Crippen LogP) is 1.08. The summed E-state index contributed by atoms with van der Waals surface area (Å²) in [5, 5.41) is 5.81. The largest absolute Gasteiger partial charge is 0.468 e. The van der Waals surface area contributed by atoms with Crippen molar-refractivity contribution in [3.05, 3.63) is 0 Å². The molecule has 0 saturated carbocycles. The van der Waals surface area contributed by atoms with E-state index in [0.717, 1.165) is 12.8 Å². The highest BCUT2D eigenvalue weighted by atomic mass is 16.5. The number of rotatable bonds is 8. The van der Waals surface area contributed by atoms with Crippen LogP contribution in [0.3, 0.4) is 0 Å². The first kappa shape index (κ1) is 16.9. The van der Waals surface area contributed by atoms with Crippen LogP contribution >= 0.6 is 0 Å². The Morgan fingerprint density at radius 3 is 2.28 bits per heavy atom. The van der Waals surface area contributed by atoms with Gasteiger partial charge in [-0.05, 0) is 19.3 Å². The van der Waals surface area contributed by atoms with Crippen LogP contribution in [0, 0.1) is 5.92 Å². The van der Waals surface area contributed by atoms with Crippen LogP contribution in [0.25, 0.3) is 0 Å². The number of nitrogens with one attached hydrogen (secondary N) is 2. The van der Waals surface area contributed by atoms with E-state index in [9.17, 15) is 9.59 Å². The zero-order valence-electron chi connectivity index (χ0n) is 12.1. The molecule has 0 aliphatic carbocycles. The van der Waals surface area contributed by atoms with Gasteiger partial charge in [-0.15, -0.1) is 0 Å². The zero-order chi connectivity index (χ0) is 14.1. The highest BCUT2D eigenvalue weighted by molar-refractivity contribution is 5.80. The van der Waals surface area contributed by atoms with E-state index in [0.29, 0.717) is 0 Å². The predicted molar refractivity (Wildman–Crippen MR) is 71.2 cm³/mol. The van der Waals surface area contributed by atoms with Gasteiger partial charge < -0.3 is 10.1 Å². The Morgan fingerprint density at radius 2 is 1.83 bits per heavy atom. The summed E-state index contributed by atoms with van der Waals surface area (Å²) >= 11 is 0. The molecule has 0 aliphatic rings. The SMILES string of the molecule is CCCC(C)NC(=O)CNC(C(=O)OC)C(C)C. The van der Waals surface area contributed by atoms with Gasteiger partial charge in [0.2, 0.25) is 5.91 Å². The van der Waals surface area contributed by atoms with E-state index in [1.807, 2.05) is 20.8 Å². The Morgan fingerprint density at radius 1 is 1.22 bits per heavy atom. The van der Waals surface area contributed by atoms with Crippen LogP contribution in [0.1, 0.15) is 40.5 Å². The summed E-state index contributed by atoms with van der Waals surface area (Å²) in [4.78, 5) is 23.1. The maximum Gasteiger partial charge on any atom is 0.323 e. The third-order valence-corrected chi connectivity index (χ3v) is 2.73. The van der Waals surface area contributed by atoms with Crippen molar-refractivity contribution < 1.29 is 14.3 Å². The number of carbonyl (C=O) groups excluding carboxylic acids is 2. The molecular formula is C13H26N2O3. The summed E-state index contributed by atoms with van der Waals surface area (Å²) in [6.45, 7) is 8.00. The first-order chi connectivity index (χ1) is 8.42. The van der Waals surface area contributed by atoms with Gasteiger partial charge in [-0.25, -0.2) is 0 Å². The minimum Gasteiger partial charge on any atom is -0.468 e. The standard InChI is InChI=1S/C13H26N2O3/c1-6-7-10(4)15-11(16)8-14-12(9(2)3)13(17)18-5/h9-10,12,14H,6-8H2,1-5H3,(H,15,16). The van der Waals surface area contributed by atoms with Crippen molar-refractivity contribution in [2.45, 2.75) is 52.6 Å². The smallest absolute Gasteiger partial charge is 0.323 e. The second-order valence-corrected chi connectivity index (χ2v) is 4.88. The minimum absolute atomic E-state index is 0.0818. The van der Waals surface area contributed by atoms with Crippen molar-refractivity contribution in [2.24, 2.45) is 5.92 Å². The molecule has 5 heteroatoms. The number of carbonyl (C=O) groups is 2. The maximum atomic E-state index is 11.6. The molecule has 2 N–H and O–H groups in total.